The fourth-order valence-corrected chi connectivity index (χ4v) is 2.48. The minimum absolute atomic E-state index is 0.732. The van der Waals surface area contributed by atoms with Crippen LogP contribution in [-0.2, 0) is 0 Å². The molecule has 0 unspecified atom stereocenters. The van der Waals surface area contributed by atoms with Gasteiger partial charge in [0.05, 0.1) is 0 Å². The predicted molar refractivity (Wildman–Crippen MR) is 55.9 cm³/mol. The first kappa shape index (κ1) is 10.6. The standard InChI is InChI=1S/C8H20SSi/c1-10(2,3)8-6-4-5-7-9/h9H,4-8H2,1-3H3. The highest BCUT2D eigenvalue weighted by atomic mass is 32.1. The van der Waals surface area contributed by atoms with Crippen molar-refractivity contribution in [2.24, 2.45) is 0 Å². The van der Waals surface area contributed by atoms with Crippen LogP contribution in [0.15, 0.2) is 0 Å². The van der Waals surface area contributed by atoms with Crippen molar-refractivity contribution in [2.45, 2.75) is 44.9 Å². The molecule has 0 amide bonds. The molecule has 10 heavy (non-hydrogen) atoms. The first-order chi connectivity index (χ1) is 4.56. The van der Waals surface area contributed by atoms with Gasteiger partial charge in [0.15, 0.2) is 0 Å². The Balaban J connectivity index is 3.04. The van der Waals surface area contributed by atoms with Gasteiger partial charge >= 0.3 is 0 Å². The van der Waals surface area contributed by atoms with Gasteiger partial charge in [0.25, 0.3) is 0 Å². The molecule has 0 saturated carbocycles. The molecule has 0 spiro atoms. The molecule has 0 atom stereocenters. The zero-order chi connectivity index (χ0) is 8.04. The minimum Gasteiger partial charge on any atom is -0.179 e. The van der Waals surface area contributed by atoms with Gasteiger partial charge in [0.2, 0.25) is 0 Å². The van der Waals surface area contributed by atoms with Crippen LogP contribution < -0.4 is 0 Å². The second kappa shape index (κ2) is 5.25. The van der Waals surface area contributed by atoms with Crippen LogP contribution in [0.3, 0.4) is 0 Å². The second-order valence-corrected chi connectivity index (χ2v) is 10.2. The molecule has 0 aromatic rings. The lowest BCUT2D eigenvalue weighted by Crippen LogP contribution is -2.18. The summed E-state index contributed by atoms with van der Waals surface area (Å²) >= 11 is 4.18. The molecule has 0 rings (SSSR count). The van der Waals surface area contributed by atoms with E-state index in [1.54, 1.807) is 0 Å². The van der Waals surface area contributed by atoms with Gasteiger partial charge in [0, 0.05) is 8.07 Å². The summed E-state index contributed by atoms with van der Waals surface area (Å²) in [6.07, 6.45) is 4.11. The maximum Gasteiger partial charge on any atom is 0.0442 e. The van der Waals surface area contributed by atoms with E-state index in [-0.39, 0.29) is 0 Å². The molecule has 0 bridgehead atoms. The molecule has 0 radical (unpaired) electrons. The Bertz CT molecular complexity index is 75.8. The summed E-state index contributed by atoms with van der Waals surface area (Å²) < 4.78 is 0. The summed E-state index contributed by atoms with van der Waals surface area (Å²) in [6.45, 7) is 7.31. The lowest BCUT2D eigenvalue weighted by atomic mass is 10.3. The van der Waals surface area contributed by atoms with Crippen LogP contribution in [0, 0.1) is 0 Å². The Kier molecular flexibility index (Phi) is 5.55. The summed E-state index contributed by atoms with van der Waals surface area (Å²) in [6, 6.07) is 1.49. The monoisotopic (exact) mass is 176 g/mol. The van der Waals surface area contributed by atoms with Crippen LogP contribution in [-0.4, -0.2) is 13.8 Å². The van der Waals surface area contributed by atoms with Gasteiger partial charge in [-0.15, -0.1) is 0 Å². The zero-order valence-corrected chi connectivity index (χ0v) is 9.38. The van der Waals surface area contributed by atoms with Crippen molar-refractivity contribution in [2.75, 3.05) is 5.75 Å². The second-order valence-electron chi connectivity index (χ2n) is 4.09. The van der Waals surface area contributed by atoms with Crippen LogP contribution in [0.2, 0.25) is 25.7 Å². The van der Waals surface area contributed by atoms with Crippen LogP contribution in [0.25, 0.3) is 0 Å². The van der Waals surface area contributed by atoms with Crippen LogP contribution in [0.1, 0.15) is 19.3 Å². The SMILES string of the molecule is C[Si](C)(C)CCCCCS. The van der Waals surface area contributed by atoms with E-state index in [4.69, 9.17) is 0 Å². The highest BCUT2D eigenvalue weighted by Crippen LogP contribution is 2.13. The Labute approximate surface area is 71.8 Å². The van der Waals surface area contributed by atoms with E-state index >= 15 is 0 Å². The third-order valence-electron chi connectivity index (χ3n) is 1.58. The number of thiol groups is 1. The van der Waals surface area contributed by atoms with Crippen molar-refractivity contribution in [3.8, 4) is 0 Å². The fraction of sp³-hybridized carbons (Fsp3) is 1.00. The first-order valence-corrected chi connectivity index (χ1v) is 8.51. The Morgan fingerprint density at radius 2 is 1.60 bits per heavy atom. The molecule has 0 heterocycles. The van der Waals surface area contributed by atoms with E-state index < -0.39 is 8.07 Å². The Morgan fingerprint density at radius 3 is 2.00 bits per heavy atom. The number of hydrogen-bond acceptors (Lipinski definition) is 1. The Morgan fingerprint density at radius 1 is 1.00 bits per heavy atom. The highest BCUT2D eigenvalue weighted by molar-refractivity contribution is 7.80. The van der Waals surface area contributed by atoms with Gasteiger partial charge in [-0.25, -0.2) is 0 Å². The average Bonchev–Trinajstić information content (AvgIpc) is 1.78. The third kappa shape index (κ3) is 8.57. The van der Waals surface area contributed by atoms with E-state index in [2.05, 4.69) is 32.3 Å². The summed E-state index contributed by atoms with van der Waals surface area (Å²) in [7, 11) is -0.732. The van der Waals surface area contributed by atoms with Crippen molar-refractivity contribution < 1.29 is 0 Å². The van der Waals surface area contributed by atoms with E-state index in [0.29, 0.717) is 0 Å². The first-order valence-electron chi connectivity index (χ1n) is 4.17. The quantitative estimate of drug-likeness (QED) is 0.370. The third-order valence-corrected chi connectivity index (χ3v) is 3.75. The molecule has 0 fully saturated rings. The molecule has 0 aliphatic heterocycles. The van der Waals surface area contributed by atoms with Crippen molar-refractivity contribution in [1.82, 2.24) is 0 Å². The van der Waals surface area contributed by atoms with E-state index in [1.165, 1.54) is 25.3 Å². The fourth-order valence-electron chi connectivity index (χ4n) is 0.944. The highest BCUT2D eigenvalue weighted by Gasteiger charge is 2.10. The maximum atomic E-state index is 4.18. The smallest absolute Gasteiger partial charge is 0.0442 e. The molecule has 0 aliphatic rings. The van der Waals surface area contributed by atoms with Crippen molar-refractivity contribution in [1.29, 1.82) is 0 Å². The van der Waals surface area contributed by atoms with Gasteiger partial charge < -0.3 is 0 Å². The Hall–Kier alpha value is 0.567. The number of rotatable bonds is 5. The lowest BCUT2D eigenvalue weighted by Gasteiger charge is -2.14. The van der Waals surface area contributed by atoms with Crippen molar-refractivity contribution in [3.63, 3.8) is 0 Å². The summed E-state index contributed by atoms with van der Waals surface area (Å²) in [5, 5.41) is 0. The molecular weight excluding hydrogens is 156 g/mol. The molecule has 0 nitrogen and oxygen atoms in total. The lowest BCUT2D eigenvalue weighted by molar-refractivity contribution is 0.770. The molecule has 2 heteroatoms. The van der Waals surface area contributed by atoms with E-state index in [1.807, 2.05) is 0 Å². The van der Waals surface area contributed by atoms with Crippen LogP contribution in [0.5, 0.6) is 0 Å². The summed E-state index contributed by atoms with van der Waals surface area (Å²) in [5.41, 5.74) is 0. The number of unbranched alkanes of at least 4 members (excludes halogenated alkanes) is 2. The van der Waals surface area contributed by atoms with Crippen LogP contribution in [0.4, 0.5) is 0 Å². The van der Waals surface area contributed by atoms with Crippen LogP contribution >= 0.6 is 12.6 Å². The molecule has 0 aromatic heterocycles. The van der Waals surface area contributed by atoms with E-state index in [0.717, 1.165) is 5.75 Å². The molecular formula is C8H20SSi. The normalized spacial score (nSPS) is 12.0. The minimum atomic E-state index is -0.732. The molecule has 0 aromatic carbocycles. The molecule has 0 saturated heterocycles. The van der Waals surface area contributed by atoms with Gasteiger partial charge in [0.1, 0.15) is 0 Å². The van der Waals surface area contributed by atoms with Crippen molar-refractivity contribution in [3.05, 3.63) is 0 Å². The van der Waals surface area contributed by atoms with Gasteiger partial charge in [-0.2, -0.15) is 12.6 Å². The maximum absolute atomic E-state index is 4.18. The summed E-state index contributed by atoms with van der Waals surface area (Å²) in [5.74, 6) is 1.06. The van der Waals surface area contributed by atoms with Crippen molar-refractivity contribution >= 4 is 20.7 Å². The van der Waals surface area contributed by atoms with Gasteiger partial charge in [-0.05, 0) is 12.2 Å². The summed E-state index contributed by atoms with van der Waals surface area (Å²) in [4.78, 5) is 0. The van der Waals surface area contributed by atoms with Gasteiger partial charge in [-0.3, -0.25) is 0 Å². The predicted octanol–water partition coefficient (Wildman–Crippen LogP) is 3.42. The zero-order valence-electron chi connectivity index (χ0n) is 7.48. The molecule has 62 valence electrons. The molecule has 0 N–H and O–H groups in total. The van der Waals surface area contributed by atoms with E-state index in [9.17, 15) is 0 Å². The topological polar surface area (TPSA) is 0 Å². The average molecular weight is 176 g/mol. The number of hydrogen-bond donors (Lipinski definition) is 1. The molecule has 0 aliphatic carbocycles. The van der Waals surface area contributed by atoms with Gasteiger partial charge in [-0.1, -0.05) is 38.5 Å². The largest absolute Gasteiger partial charge is 0.179 e.